The van der Waals surface area contributed by atoms with Gasteiger partial charge in [-0.25, -0.2) is 4.79 Å². The average Bonchev–Trinajstić information content (AvgIpc) is 2.78. The van der Waals surface area contributed by atoms with E-state index in [0.29, 0.717) is 22.6 Å². The Balaban J connectivity index is 1.53. The Morgan fingerprint density at radius 1 is 0.750 bits per heavy atom. The summed E-state index contributed by atoms with van der Waals surface area (Å²) in [5, 5.41) is 2.76. The SMILES string of the molecule is CC(=O)Oc1ccc(C(=O)COC(=O)c2ccc(NC(=O)c3ccc(C)cc3)cc2)cc1. The van der Waals surface area contributed by atoms with Gasteiger partial charge in [-0.2, -0.15) is 0 Å². The summed E-state index contributed by atoms with van der Waals surface area (Å²) in [5.41, 5.74) is 2.68. The fraction of sp³-hybridized carbons (Fsp3) is 0.120. The first-order valence-electron chi connectivity index (χ1n) is 9.79. The van der Waals surface area contributed by atoms with Crippen LogP contribution in [0.1, 0.15) is 43.6 Å². The molecule has 0 spiro atoms. The number of rotatable bonds is 7. The largest absolute Gasteiger partial charge is 0.454 e. The lowest BCUT2D eigenvalue weighted by Gasteiger charge is -2.08. The first-order chi connectivity index (χ1) is 15.3. The molecule has 3 aromatic carbocycles. The van der Waals surface area contributed by atoms with E-state index in [1.54, 1.807) is 24.3 Å². The number of hydrogen-bond acceptors (Lipinski definition) is 6. The second-order valence-electron chi connectivity index (χ2n) is 7.01. The van der Waals surface area contributed by atoms with Crippen molar-refractivity contribution in [2.24, 2.45) is 0 Å². The Bertz CT molecular complexity index is 1130. The first kappa shape index (κ1) is 22.4. The van der Waals surface area contributed by atoms with Crippen LogP contribution in [0.4, 0.5) is 5.69 Å². The molecule has 0 radical (unpaired) electrons. The highest BCUT2D eigenvalue weighted by Crippen LogP contribution is 2.15. The maximum absolute atomic E-state index is 12.3. The Kier molecular flexibility index (Phi) is 7.13. The molecule has 7 nitrogen and oxygen atoms in total. The first-order valence-corrected chi connectivity index (χ1v) is 9.79. The van der Waals surface area contributed by atoms with Crippen molar-refractivity contribution in [3.05, 3.63) is 95.1 Å². The number of carbonyl (C=O) groups is 4. The van der Waals surface area contributed by atoms with E-state index >= 15 is 0 Å². The molecule has 0 atom stereocenters. The van der Waals surface area contributed by atoms with E-state index in [2.05, 4.69) is 5.32 Å². The van der Waals surface area contributed by atoms with Crippen LogP contribution >= 0.6 is 0 Å². The van der Waals surface area contributed by atoms with Crippen LogP contribution in [0.3, 0.4) is 0 Å². The normalized spacial score (nSPS) is 10.2. The number of Topliss-reactive ketones (excluding diaryl/α,β-unsaturated/α-hetero) is 1. The smallest absolute Gasteiger partial charge is 0.338 e. The number of nitrogens with one attached hydrogen (secondary N) is 1. The van der Waals surface area contributed by atoms with Gasteiger partial charge in [0.1, 0.15) is 5.75 Å². The molecule has 0 fully saturated rings. The van der Waals surface area contributed by atoms with Gasteiger partial charge in [0.25, 0.3) is 5.91 Å². The average molecular weight is 431 g/mol. The third-order valence-electron chi connectivity index (χ3n) is 4.46. The van der Waals surface area contributed by atoms with Crippen LogP contribution in [0.5, 0.6) is 5.75 Å². The molecule has 0 saturated carbocycles. The lowest BCUT2D eigenvalue weighted by molar-refractivity contribution is -0.131. The number of amides is 1. The number of esters is 2. The van der Waals surface area contributed by atoms with Crippen LogP contribution in [0.15, 0.2) is 72.8 Å². The number of hydrogen-bond donors (Lipinski definition) is 1. The van der Waals surface area contributed by atoms with Gasteiger partial charge in [0.2, 0.25) is 0 Å². The van der Waals surface area contributed by atoms with Crippen molar-refractivity contribution in [1.29, 1.82) is 0 Å². The summed E-state index contributed by atoms with van der Waals surface area (Å²) in [4.78, 5) is 47.6. The van der Waals surface area contributed by atoms with Crippen molar-refractivity contribution in [2.45, 2.75) is 13.8 Å². The monoisotopic (exact) mass is 431 g/mol. The molecule has 0 aliphatic carbocycles. The van der Waals surface area contributed by atoms with Gasteiger partial charge >= 0.3 is 11.9 Å². The molecule has 7 heteroatoms. The van der Waals surface area contributed by atoms with Gasteiger partial charge in [0, 0.05) is 23.7 Å². The molecule has 0 aliphatic rings. The molecular formula is C25H21NO6. The zero-order valence-corrected chi connectivity index (χ0v) is 17.6. The van der Waals surface area contributed by atoms with Crippen LogP contribution < -0.4 is 10.1 Å². The van der Waals surface area contributed by atoms with Crippen LogP contribution in [0.25, 0.3) is 0 Å². The number of ketones is 1. The standard InChI is InChI=1S/C25H21NO6/c1-16-3-5-19(6-4-16)24(29)26-21-11-7-20(8-12-21)25(30)31-15-23(28)18-9-13-22(14-10-18)32-17(2)27/h3-14H,15H2,1-2H3,(H,26,29). The Hall–Kier alpha value is -4.26. The van der Waals surface area contributed by atoms with E-state index < -0.39 is 24.3 Å². The van der Waals surface area contributed by atoms with E-state index in [9.17, 15) is 19.2 Å². The molecule has 3 rings (SSSR count). The fourth-order valence-electron chi connectivity index (χ4n) is 2.77. The maximum Gasteiger partial charge on any atom is 0.338 e. The van der Waals surface area contributed by atoms with Crippen molar-refractivity contribution in [3.8, 4) is 5.75 Å². The summed E-state index contributed by atoms with van der Waals surface area (Å²) in [5.74, 6) is -1.45. The topological polar surface area (TPSA) is 98.8 Å². The summed E-state index contributed by atoms with van der Waals surface area (Å²) in [7, 11) is 0. The summed E-state index contributed by atoms with van der Waals surface area (Å²) in [6.07, 6.45) is 0. The highest BCUT2D eigenvalue weighted by atomic mass is 16.5. The molecule has 0 unspecified atom stereocenters. The van der Waals surface area contributed by atoms with Gasteiger partial charge in [-0.05, 0) is 67.6 Å². The van der Waals surface area contributed by atoms with E-state index in [4.69, 9.17) is 9.47 Å². The van der Waals surface area contributed by atoms with Crippen LogP contribution in [0.2, 0.25) is 0 Å². The summed E-state index contributed by atoms with van der Waals surface area (Å²) in [6.45, 7) is 2.79. The number of aryl methyl sites for hydroxylation is 1. The Morgan fingerprint density at radius 2 is 1.31 bits per heavy atom. The van der Waals surface area contributed by atoms with Crippen molar-refractivity contribution >= 4 is 29.3 Å². The van der Waals surface area contributed by atoms with Gasteiger partial charge in [-0.3, -0.25) is 14.4 Å². The van der Waals surface area contributed by atoms with Crippen LogP contribution in [0, 0.1) is 6.92 Å². The molecule has 1 amide bonds. The van der Waals surface area contributed by atoms with Crippen molar-refractivity contribution in [2.75, 3.05) is 11.9 Å². The lowest BCUT2D eigenvalue weighted by atomic mass is 10.1. The lowest BCUT2D eigenvalue weighted by Crippen LogP contribution is -2.15. The molecule has 3 aromatic rings. The zero-order valence-electron chi connectivity index (χ0n) is 17.6. The predicted octanol–water partition coefficient (Wildman–Crippen LogP) is 4.21. The minimum atomic E-state index is -0.661. The molecule has 0 heterocycles. The highest BCUT2D eigenvalue weighted by molar-refractivity contribution is 6.04. The van der Waals surface area contributed by atoms with Crippen LogP contribution in [-0.4, -0.2) is 30.2 Å². The number of ether oxygens (including phenoxy) is 2. The zero-order chi connectivity index (χ0) is 23.1. The molecule has 32 heavy (non-hydrogen) atoms. The molecule has 0 saturated heterocycles. The molecule has 0 bridgehead atoms. The molecule has 0 aromatic heterocycles. The quantitative estimate of drug-likeness (QED) is 0.342. The van der Waals surface area contributed by atoms with Gasteiger partial charge in [-0.15, -0.1) is 0 Å². The van der Waals surface area contributed by atoms with Gasteiger partial charge in [-0.1, -0.05) is 17.7 Å². The number of anilines is 1. The summed E-state index contributed by atoms with van der Waals surface area (Å²) < 4.78 is 9.99. The highest BCUT2D eigenvalue weighted by Gasteiger charge is 2.13. The maximum atomic E-state index is 12.3. The molecule has 1 N–H and O–H groups in total. The minimum absolute atomic E-state index is 0.247. The second-order valence-corrected chi connectivity index (χ2v) is 7.01. The fourth-order valence-corrected chi connectivity index (χ4v) is 2.77. The van der Waals surface area contributed by atoms with Crippen molar-refractivity contribution < 1.29 is 28.7 Å². The van der Waals surface area contributed by atoms with Gasteiger partial charge < -0.3 is 14.8 Å². The van der Waals surface area contributed by atoms with Crippen molar-refractivity contribution in [3.63, 3.8) is 0 Å². The van der Waals surface area contributed by atoms with Gasteiger partial charge in [0.05, 0.1) is 5.56 Å². The Morgan fingerprint density at radius 3 is 1.91 bits per heavy atom. The molecule has 162 valence electrons. The number of carbonyl (C=O) groups excluding carboxylic acids is 4. The third-order valence-corrected chi connectivity index (χ3v) is 4.46. The van der Waals surface area contributed by atoms with Crippen LogP contribution in [-0.2, 0) is 9.53 Å². The second kappa shape index (κ2) is 10.2. The van der Waals surface area contributed by atoms with E-state index in [0.717, 1.165) is 5.56 Å². The predicted molar refractivity (Wildman–Crippen MR) is 118 cm³/mol. The minimum Gasteiger partial charge on any atom is -0.454 e. The summed E-state index contributed by atoms with van der Waals surface area (Å²) >= 11 is 0. The molecular weight excluding hydrogens is 410 g/mol. The van der Waals surface area contributed by atoms with E-state index in [1.165, 1.54) is 43.3 Å². The summed E-state index contributed by atoms with van der Waals surface area (Å²) in [6, 6.07) is 19.3. The van der Waals surface area contributed by atoms with E-state index in [1.807, 2.05) is 19.1 Å². The van der Waals surface area contributed by atoms with Gasteiger partial charge in [0.15, 0.2) is 12.4 Å². The van der Waals surface area contributed by atoms with E-state index in [-0.39, 0.29) is 11.5 Å². The third kappa shape index (κ3) is 6.12. The van der Waals surface area contributed by atoms with Crippen molar-refractivity contribution in [1.82, 2.24) is 0 Å². The number of benzene rings is 3. The Labute approximate surface area is 185 Å². The molecule has 0 aliphatic heterocycles.